The summed E-state index contributed by atoms with van der Waals surface area (Å²) < 4.78 is 17.0. The van der Waals surface area contributed by atoms with Crippen LogP contribution in [0, 0.1) is 0 Å². The first-order chi connectivity index (χ1) is 15.7. The van der Waals surface area contributed by atoms with E-state index in [9.17, 15) is 30.0 Å². The molecule has 0 aromatic carbocycles. The van der Waals surface area contributed by atoms with Gasteiger partial charge in [0.25, 0.3) is 0 Å². The topological polar surface area (TPSA) is 167 Å². The molecule has 1 unspecified atom stereocenters. The van der Waals surface area contributed by atoms with E-state index in [2.05, 4.69) is 10.6 Å². The molecule has 11 nitrogen and oxygen atoms in total. The van der Waals surface area contributed by atoms with Crippen molar-refractivity contribution >= 4 is 11.9 Å². The van der Waals surface area contributed by atoms with Gasteiger partial charge in [0.1, 0.15) is 30.6 Å². The van der Waals surface area contributed by atoms with Crippen molar-refractivity contribution in [2.24, 2.45) is 0 Å². The van der Waals surface area contributed by atoms with Gasteiger partial charge in [0, 0.05) is 18.5 Å². The largest absolute Gasteiger partial charge is 0.463 e. The van der Waals surface area contributed by atoms with E-state index in [1.54, 1.807) is 13.0 Å². The summed E-state index contributed by atoms with van der Waals surface area (Å²) in [4.78, 5) is 24.5. The maximum absolute atomic E-state index is 12.5. The summed E-state index contributed by atoms with van der Waals surface area (Å²) >= 11 is 0. The number of hydrogen-bond donors (Lipinski definition) is 6. The standard InChI is InChI=1S/C22H38N2O9/c1-5-13(6-2)32-15-9-12(22(30)31-7-3)8-14(17(15)23-11(4)26)24-21-20(29)19(28)18(27)16(10-25)33-21/h9,13-21,24-25,27-29H,5-8,10H2,1-4H3,(H,23,26)/t14-,15+,16-,17+,18-,19+,20-,21?/m0/s1. The number of amides is 1. The van der Waals surface area contributed by atoms with Crippen molar-refractivity contribution in [3.63, 3.8) is 0 Å². The summed E-state index contributed by atoms with van der Waals surface area (Å²) in [7, 11) is 0. The fraction of sp³-hybridized carbons (Fsp3) is 0.818. The van der Waals surface area contributed by atoms with E-state index in [0.29, 0.717) is 5.57 Å². The van der Waals surface area contributed by atoms with Gasteiger partial charge in [0.15, 0.2) is 0 Å². The first-order valence-corrected chi connectivity index (χ1v) is 11.5. The summed E-state index contributed by atoms with van der Waals surface area (Å²) in [5.74, 6) is -0.829. The third-order valence-corrected chi connectivity index (χ3v) is 6.03. The fourth-order valence-electron chi connectivity index (χ4n) is 4.20. The van der Waals surface area contributed by atoms with Crippen molar-refractivity contribution < 1.29 is 44.2 Å². The molecule has 1 saturated heterocycles. The molecular formula is C22H38N2O9. The first kappa shape index (κ1) is 27.6. The number of nitrogens with one attached hydrogen (secondary N) is 2. The lowest BCUT2D eigenvalue weighted by molar-refractivity contribution is -0.239. The highest BCUT2D eigenvalue weighted by Crippen LogP contribution is 2.27. The molecule has 6 N–H and O–H groups in total. The molecule has 0 saturated carbocycles. The Morgan fingerprint density at radius 1 is 1.15 bits per heavy atom. The molecule has 1 aliphatic carbocycles. The SMILES string of the molecule is CCOC(=O)C1=C[C@@H](OC(CC)CC)[C@H](NC(C)=O)[C@@H](NC2O[C@@H](CO)[C@H](O)[C@@H](O)[C@@H]2O)C1. The van der Waals surface area contributed by atoms with Crippen molar-refractivity contribution in [2.75, 3.05) is 13.2 Å². The molecule has 0 spiro atoms. The van der Waals surface area contributed by atoms with E-state index in [1.807, 2.05) is 13.8 Å². The minimum Gasteiger partial charge on any atom is -0.463 e. The van der Waals surface area contributed by atoms with Crippen molar-refractivity contribution in [1.82, 2.24) is 10.6 Å². The van der Waals surface area contributed by atoms with E-state index < -0.39 is 61.4 Å². The van der Waals surface area contributed by atoms with Gasteiger partial charge in [-0.25, -0.2) is 4.79 Å². The van der Waals surface area contributed by atoms with Gasteiger partial charge in [-0.3, -0.25) is 10.1 Å². The second kappa shape index (κ2) is 12.7. The number of aliphatic hydroxyl groups is 4. The van der Waals surface area contributed by atoms with Gasteiger partial charge in [0.05, 0.1) is 31.5 Å². The number of carbonyl (C=O) groups is 2. The van der Waals surface area contributed by atoms with Gasteiger partial charge in [-0.2, -0.15) is 0 Å². The van der Waals surface area contributed by atoms with Crippen LogP contribution < -0.4 is 10.6 Å². The summed E-state index contributed by atoms with van der Waals surface area (Å²) in [5.41, 5.74) is 0.344. The van der Waals surface area contributed by atoms with Gasteiger partial charge < -0.3 is 40.0 Å². The molecule has 1 amide bonds. The molecular weight excluding hydrogens is 436 g/mol. The summed E-state index contributed by atoms with van der Waals surface area (Å²) in [6.07, 6.45) is -4.40. The number of aliphatic hydroxyl groups excluding tert-OH is 4. The Labute approximate surface area is 194 Å². The number of ether oxygens (including phenoxy) is 3. The first-order valence-electron chi connectivity index (χ1n) is 11.5. The average molecular weight is 475 g/mol. The predicted molar refractivity (Wildman–Crippen MR) is 117 cm³/mol. The quantitative estimate of drug-likeness (QED) is 0.210. The van der Waals surface area contributed by atoms with Crippen LogP contribution in [0.4, 0.5) is 0 Å². The third-order valence-electron chi connectivity index (χ3n) is 6.03. The summed E-state index contributed by atoms with van der Waals surface area (Å²) in [6.45, 7) is 6.63. The van der Waals surface area contributed by atoms with Crippen molar-refractivity contribution in [3.05, 3.63) is 11.6 Å². The third kappa shape index (κ3) is 6.95. The Hall–Kier alpha value is -1.60. The van der Waals surface area contributed by atoms with Gasteiger partial charge in [-0.05, 0) is 32.3 Å². The van der Waals surface area contributed by atoms with Gasteiger partial charge in [-0.1, -0.05) is 13.8 Å². The Morgan fingerprint density at radius 3 is 2.36 bits per heavy atom. The number of esters is 1. The number of rotatable bonds is 10. The van der Waals surface area contributed by atoms with Crippen molar-refractivity contribution in [3.8, 4) is 0 Å². The Kier molecular flexibility index (Phi) is 10.7. The molecule has 190 valence electrons. The van der Waals surface area contributed by atoms with Crippen LogP contribution in [-0.4, -0.2) is 100 Å². The summed E-state index contributed by atoms with van der Waals surface area (Å²) in [5, 5.41) is 46.0. The maximum Gasteiger partial charge on any atom is 0.333 e. The Balaban J connectivity index is 2.36. The minimum absolute atomic E-state index is 0.114. The second-order valence-corrected chi connectivity index (χ2v) is 8.40. The van der Waals surface area contributed by atoms with E-state index in [-0.39, 0.29) is 25.0 Å². The molecule has 11 heteroatoms. The maximum atomic E-state index is 12.5. The highest BCUT2D eigenvalue weighted by Gasteiger charge is 2.46. The van der Waals surface area contributed by atoms with Gasteiger partial charge in [-0.15, -0.1) is 0 Å². The molecule has 8 atom stereocenters. The van der Waals surface area contributed by atoms with Crippen LogP contribution in [0.15, 0.2) is 11.6 Å². The molecule has 33 heavy (non-hydrogen) atoms. The van der Waals surface area contributed by atoms with E-state index >= 15 is 0 Å². The monoisotopic (exact) mass is 474 g/mol. The Morgan fingerprint density at radius 2 is 1.82 bits per heavy atom. The molecule has 1 heterocycles. The van der Waals surface area contributed by atoms with Crippen LogP contribution in [0.5, 0.6) is 0 Å². The predicted octanol–water partition coefficient (Wildman–Crippen LogP) is -1.28. The number of carbonyl (C=O) groups excluding carboxylic acids is 2. The van der Waals surface area contributed by atoms with E-state index in [0.717, 1.165) is 12.8 Å². The minimum atomic E-state index is -1.56. The van der Waals surface area contributed by atoms with Crippen LogP contribution in [0.25, 0.3) is 0 Å². The highest BCUT2D eigenvalue weighted by molar-refractivity contribution is 5.89. The molecule has 2 rings (SSSR count). The molecule has 0 bridgehead atoms. The molecule has 1 aliphatic heterocycles. The highest BCUT2D eigenvalue weighted by atomic mass is 16.6. The Bertz CT molecular complexity index is 683. The normalized spacial score (nSPS) is 34.6. The average Bonchev–Trinajstić information content (AvgIpc) is 2.79. The lowest BCUT2D eigenvalue weighted by Gasteiger charge is -2.44. The zero-order valence-corrected chi connectivity index (χ0v) is 19.6. The van der Waals surface area contributed by atoms with Crippen LogP contribution in [0.3, 0.4) is 0 Å². The van der Waals surface area contributed by atoms with Gasteiger partial charge in [0.2, 0.25) is 5.91 Å². The van der Waals surface area contributed by atoms with Crippen molar-refractivity contribution in [1.29, 1.82) is 0 Å². The summed E-state index contributed by atoms with van der Waals surface area (Å²) in [6, 6.07) is -1.28. The van der Waals surface area contributed by atoms with Crippen LogP contribution >= 0.6 is 0 Å². The zero-order valence-electron chi connectivity index (χ0n) is 19.6. The lowest BCUT2D eigenvalue weighted by atomic mass is 9.86. The smallest absolute Gasteiger partial charge is 0.333 e. The molecule has 0 aromatic heterocycles. The second-order valence-electron chi connectivity index (χ2n) is 8.40. The van der Waals surface area contributed by atoms with E-state index in [1.165, 1.54) is 6.92 Å². The molecule has 0 radical (unpaired) electrons. The fourth-order valence-corrected chi connectivity index (χ4v) is 4.20. The van der Waals surface area contributed by atoms with Crippen LogP contribution in [0.1, 0.15) is 47.0 Å². The van der Waals surface area contributed by atoms with Crippen LogP contribution in [0.2, 0.25) is 0 Å². The molecule has 0 aromatic rings. The molecule has 1 fully saturated rings. The van der Waals surface area contributed by atoms with Crippen molar-refractivity contribution in [2.45, 2.75) is 102 Å². The zero-order chi connectivity index (χ0) is 24.7. The lowest BCUT2D eigenvalue weighted by Crippen LogP contribution is -2.67. The molecule has 2 aliphatic rings. The van der Waals surface area contributed by atoms with E-state index in [4.69, 9.17) is 14.2 Å². The van der Waals surface area contributed by atoms with Crippen LogP contribution in [-0.2, 0) is 23.8 Å². The number of hydrogen-bond acceptors (Lipinski definition) is 10. The van der Waals surface area contributed by atoms with Gasteiger partial charge >= 0.3 is 5.97 Å².